The number of benzene rings is 1. The summed E-state index contributed by atoms with van der Waals surface area (Å²) in [5.41, 5.74) is 1.93. The third kappa shape index (κ3) is 3.01. The second-order valence-electron chi connectivity index (χ2n) is 3.93. The number of hydrogen-bond donors (Lipinski definition) is 1. The van der Waals surface area contributed by atoms with E-state index in [-0.39, 0.29) is 6.04 Å². The van der Waals surface area contributed by atoms with E-state index in [2.05, 4.69) is 5.32 Å². The quantitative estimate of drug-likeness (QED) is 0.882. The zero-order valence-electron chi connectivity index (χ0n) is 9.71. The van der Waals surface area contributed by atoms with E-state index in [1.807, 2.05) is 25.2 Å². The van der Waals surface area contributed by atoms with E-state index in [0.29, 0.717) is 21.7 Å². The van der Waals surface area contributed by atoms with E-state index in [1.165, 1.54) is 0 Å². The number of halogens is 3. The van der Waals surface area contributed by atoms with Crippen molar-refractivity contribution in [3.63, 3.8) is 0 Å². The summed E-state index contributed by atoms with van der Waals surface area (Å²) < 4.78 is 5.11. The van der Waals surface area contributed by atoms with Crippen LogP contribution in [0.25, 0.3) is 0 Å². The van der Waals surface area contributed by atoms with Crippen molar-refractivity contribution >= 4 is 34.8 Å². The standard InChI is InChI=1S/C13H12Cl3NO/c1-17-12(10-4-5-18-13(10)16)6-8-2-3-9(14)7-11(8)15/h2-5,7,12,17H,6H2,1H3. The fourth-order valence-corrected chi connectivity index (χ4v) is 2.56. The summed E-state index contributed by atoms with van der Waals surface area (Å²) >= 11 is 18.0. The van der Waals surface area contributed by atoms with Crippen molar-refractivity contribution in [2.24, 2.45) is 0 Å². The zero-order chi connectivity index (χ0) is 13.1. The summed E-state index contributed by atoms with van der Waals surface area (Å²) in [5, 5.41) is 4.89. The smallest absolute Gasteiger partial charge is 0.197 e. The van der Waals surface area contributed by atoms with E-state index in [0.717, 1.165) is 11.1 Å². The van der Waals surface area contributed by atoms with E-state index in [1.54, 1.807) is 12.3 Å². The highest BCUT2D eigenvalue weighted by Crippen LogP contribution is 2.29. The first-order chi connectivity index (χ1) is 8.61. The fourth-order valence-electron chi connectivity index (χ4n) is 1.83. The molecular weight excluding hydrogens is 293 g/mol. The highest BCUT2D eigenvalue weighted by molar-refractivity contribution is 6.35. The second-order valence-corrected chi connectivity index (χ2v) is 5.12. The minimum Gasteiger partial charge on any atom is -0.453 e. The maximum absolute atomic E-state index is 6.16. The fraction of sp³-hybridized carbons (Fsp3) is 0.231. The van der Waals surface area contributed by atoms with E-state index in [4.69, 9.17) is 39.2 Å². The molecule has 0 fully saturated rings. The molecule has 0 saturated heterocycles. The minimum absolute atomic E-state index is 0.0509. The van der Waals surface area contributed by atoms with Gasteiger partial charge in [0.25, 0.3) is 0 Å². The molecule has 5 heteroatoms. The van der Waals surface area contributed by atoms with Crippen molar-refractivity contribution in [3.05, 3.63) is 56.9 Å². The van der Waals surface area contributed by atoms with Gasteiger partial charge >= 0.3 is 0 Å². The molecule has 1 unspecified atom stereocenters. The average molecular weight is 305 g/mol. The molecule has 0 saturated carbocycles. The van der Waals surface area contributed by atoms with E-state index < -0.39 is 0 Å². The Morgan fingerprint density at radius 1 is 1.22 bits per heavy atom. The number of furan rings is 1. The number of rotatable bonds is 4. The topological polar surface area (TPSA) is 25.2 Å². The largest absolute Gasteiger partial charge is 0.453 e. The Balaban J connectivity index is 2.23. The number of hydrogen-bond acceptors (Lipinski definition) is 2. The summed E-state index contributed by atoms with van der Waals surface area (Å²) in [5.74, 6) is 0. The third-order valence-electron chi connectivity index (χ3n) is 2.81. The SMILES string of the molecule is CNC(Cc1ccc(Cl)cc1Cl)c1ccoc1Cl. The van der Waals surface area contributed by atoms with Crippen LogP contribution in [0.4, 0.5) is 0 Å². The van der Waals surface area contributed by atoms with Crippen LogP contribution in [0.2, 0.25) is 15.3 Å². The van der Waals surface area contributed by atoms with Gasteiger partial charge in [-0.1, -0.05) is 29.3 Å². The van der Waals surface area contributed by atoms with E-state index in [9.17, 15) is 0 Å². The van der Waals surface area contributed by atoms with Crippen molar-refractivity contribution in [2.75, 3.05) is 7.05 Å². The van der Waals surface area contributed by atoms with Crippen molar-refractivity contribution in [2.45, 2.75) is 12.5 Å². The first-order valence-corrected chi connectivity index (χ1v) is 6.59. The molecular formula is C13H12Cl3NO. The van der Waals surface area contributed by atoms with Gasteiger partial charge < -0.3 is 9.73 Å². The van der Waals surface area contributed by atoms with Crippen LogP contribution in [0.5, 0.6) is 0 Å². The maximum atomic E-state index is 6.16. The molecule has 0 radical (unpaired) electrons. The molecule has 1 atom stereocenters. The molecule has 1 N–H and O–H groups in total. The molecule has 0 spiro atoms. The minimum atomic E-state index is 0.0509. The van der Waals surface area contributed by atoms with Gasteiger partial charge in [0.05, 0.1) is 6.26 Å². The lowest BCUT2D eigenvalue weighted by Crippen LogP contribution is -2.18. The maximum Gasteiger partial charge on any atom is 0.197 e. The summed E-state index contributed by atoms with van der Waals surface area (Å²) in [6.07, 6.45) is 2.29. The molecule has 96 valence electrons. The highest BCUT2D eigenvalue weighted by atomic mass is 35.5. The van der Waals surface area contributed by atoms with Gasteiger partial charge in [-0.05, 0) is 48.8 Å². The highest BCUT2D eigenvalue weighted by Gasteiger charge is 2.17. The predicted octanol–water partition coefficient (Wildman–Crippen LogP) is 4.74. The number of nitrogens with one attached hydrogen (secondary N) is 1. The van der Waals surface area contributed by atoms with Crippen molar-refractivity contribution in [1.29, 1.82) is 0 Å². The van der Waals surface area contributed by atoms with Gasteiger partial charge in [0, 0.05) is 21.7 Å². The molecule has 2 aromatic rings. The van der Waals surface area contributed by atoms with Crippen LogP contribution in [-0.4, -0.2) is 7.05 Å². The van der Waals surface area contributed by atoms with Crippen LogP contribution in [0, 0.1) is 0 Å². The van der Waals surface area contributed by atoms with Crippen LogP contribution in [-0.2, 0) is 6.42 Å². The Morgan fingerprint density at radius 3 is 2.56 bits per heavy atom. The Hall–Kier alpha value is -0.670. The Kier molecular flexibility index (Phi) is 4.57. The summed E-state index contributed by atoms with van der Waals surface area (Å²) in [6.45, 7) is 0. The first kappa shape index (κ1) is 13.8. The van der Waals surface area contributed by atoms with Crippen LogP contribution in [0.3, 0.4) is 0 Å². The van der Waals surface area contributed by atoms with Crippen LogP contribution in [0.15, 0.2) is 34.9 Å². The van der Waals surface area contributed by atoms with E-state index >= 15 is 0 Å². The van der Waals surface area contributed by atoms with Gasteiger partial charge in [-0.25, -0.2) is 0 Å². The van der Waals surface area contributed by atoms with Crippen LogP contribution >= 0.6 is 34.8 Å². The number of likely N-dealkylation sites (N-methyl/N-ethyl adjacent to an activating group) is 1. The Bertz CT molecular complexity index is 539. The lowest BCUT2D eigenvalue weighted by molar-refractivity contribution is 0.544. The third-order valence-corrected chi connectivity index (χ3v) is 3.70. The molecule has 0 amide bonds. The molecule has 2 nitrogen and oxygen atoms in total. The lowest BCUT2D eigenvalue weighted by atomic mass is 10.0. The van der Waals surface area contributed by atoms with Gasteiger partial charge in [0.1, 0.15) is 0 Å². The van der Waals surface area contributed by atoms with Crippen molar-refractivity contribution in [1.82, 2.24) is 5.32 Å². The van der Waals surface area contributed by atoms with Gasteiger partial charge in [-0.2, -0.15) is 0 Å². The normalized spacial score (nSPS) is 12.7. The Morgan fingerprint density at radius 2 is 2.00 bits per heavy atom. The van der Waals surface area contributed by atoms with Crippen LogP contribution < -0.4 is 5.32 Å². The van der Waals surface area contributed by atoms with Gasteiger partial charge in [0.2, 0.25) is 0 Å². The molecule has 0 aliphatic rings. The van der Waals surface area contributed by atoms with Crippen LogP contribution in [0.1, 0.15) is 17.2 Å². The monoisotopic (exact) mass is 303 g/mol. The van der Waals surface area contributed by atoms with Crippen molar-refractivity contribution in [3.8, 4) is 0 Å². The average Bonchev–Trinajstić information content (AvgIpc) is 2.75. The second kappa shape index (κ2) is 5.98. The molecule has 0 bridgehead atoms. The van der Waals surface area contributed by atoms with Gasteiger partial charge in [0.15, 0.2) is 5.22 Å². The molecule has 2 rings (SSSR count). The molecule has 1 heterocycles. The Labute approximate surface area is 121 Å². The predicted molar refractivity (Wildman–Crippen MR) is 75.7 cm³/mol. The summed E-state index contributed by atoms with van der Waals surface area (Å²) in [4.78, 5) is 0. The van der Waals surface area contributed by atoms with Gasteiger partial charge in [-0.3, -0.25) is 0 Å². The molecule has 0 aliphatic heterocycles. The molecule has 1 aromatic carbocycles. The zero-order valence-corrected chi connectivity index (χ0v) is 12.0. The van der Waals surface area contributed by atoms with Gasteiger partial charge in [-0.15, -0.1) is 0 Å². The molecule has 0 aliphatic carbocycles. The summed E-state index contributed by atoms with van der Waals surface area (Å²) in [6, 6.07) is 7.39. The summed E-state index contributed by atoms with van der Waals surface area (Å²) in [7, 11) is 1.87. The first-order valence-electron chi connectivity index (χ1n) is 5.46. The molecule has 18 heavy (non-hydrogen) atoms. The van der Waals surface area contributed by atoms with Crippen molar-refractivity contribution < 1.29 is 4.42 Å². The lowest BCUT2D eigenvalue weighted by Gasteiger charge is -2.16. The molecule has 1 aromatic heterocycles.